The molecule has 0 aliphatic heterocycles. The topological polar surface area (TPSA) is 84.2 Å². The van der Waals surface area contributed by atoms with Crippen molar-refractivity contribution in [1.29, 1.82) is 0 Å². The molecule has 24 heavy (non-hydrogen) atoms. The molecule has 1 aromatic carbocycles. The second-order valence-corrected chi connectivity index (χ2v) is 6.99. The van der Waals surface area contributed by atoms with Gasteiger partial charge in [-0.15, -0.1) is 0 Å². The maximum Gasteiger partial charge on any atom is 0.326 e. The Morgan fingerprint density at radius 1 is 1.38 bits per heavy atom. The lowest BCUT2D eigenvalue weighted by atomic mass is 10.1. The summed E-state index contributed by atoms with van der Waals surface area (Å²) >= 11 is 3.38. The van der Waals surface area contributed by atoms with Gasteiger partial charge in [-0.3, -0.25) is 4.79 Å². The molecule has 1 unspecified atom stereocenters. The van der Waals surface area contributed by atoms with Crippen molar-refractivity contribution >= 4 is 27.8 Å². The van der Waals surface area contributed by atoms with E-state index in [1.54, 1.807) is 11.6 Å². The number of benzene rings is 1. The second-order valence-electron chi connectivity index (χ2n) is 6.08. The molecule has 6 nitrogen and oxygen atoms in total. The first kappa shape index (κ1) is 16.7. The highest BCUT2D eigenvalue weighted by atomic mass is 79.9. The van der Waals surface area contributed by atoms with Crippen LogP contribution < -0.4 is 5.32 Å². The maximum atomic E-state index is 12.4. The van der Waals surface area contributed by atoms with E-state index < -0.39 is 17.9 Å². The molecule has 1 heterocycles. The minimum absolute atomic E-state index is 0.389. The quantitative estimate of drug-likeness (QED) is 0.792. The predicted octanol–water partition coefficient (Wildman–Crippen LogP) is 2.93. The summed E-state index contributed by atoms with van der Waals surface area (Å²) in [6, 6.07) is 6.72. The number of nitrogens with one attached hydrogen (secondary N) is 1. The van der Waals surface area contributed by atoms with E-state index in [1.165, 1.54) is 6.20 Å². The number of amides is 1. The van der Waals surface area contributed by atoms with Crippen LogP contribution in [-0.2, 0) is 4.79 Å². The molecule has 1 aromatic heterocycles. The lowest BCUT2D eigenvalue weighted by molar-refractivity contribution is -0.139. The van der Waals surface area contributed by atoms with Crippen LogP contribution in [0.15, 0.2) is 34.9 Å². The van der Waals surface area contributed by atoms with E-state index in [0.717, 1.165) is 23.0 Å². The fourth-order valence-electron chi connectivity index (χ4n) is 2.62. The molecule has 126 valence electrons. The van der Waals surface area contributed by atoms with Gasteiger partial charge in [0, 0.05) is 4.47 Å². The van der Waals surface area contributed by atoms with Crippen LogP contribution >= 0.6 is 15.9 Å². The molecule has 0 radical (unpaired) electrons. The van der Waals surface area contributed by atoms with Crippen molar-refractivity contribution in [2.75, 3.05) is 0 Å². The van der Waals surface area contributed by atoms with Crippen molar-refractivity contribution in [3.8, 4) is 5.69 Å². The number of rotatable bonds is 6. The number of carboxylic acid groups (broad SMARTS) is 1. The first-order chi connectivity index (χ1) is 11.5. The third-order valence-corrected chi connectivity index (χ3v) is 4.72. The number of carbonyl (C=O) groups excluding carboxylic acids is 1. The number of nitrogens with zero attached hydrogens (tertiary/aromatic N) is 2. The average molecular weight is 392 g/mol. The van der Waals surface area contributed by atoms with Crippen LogP contribution in [0.5, 0.6) is 0 Å². The van der Waals surface area contributed by atoms with Crippen molar-refractivity contribution in [1.82, 2.24) is 15.1 Å². The third-order valence-electron chi connectivity index (χ3n) is 4.19. The molecule has 1 aliphatic carbocycles. The van der Waals surface area contributed by atoms with Crippen LogP contribution in [0, 0.1) is 12.8 Å². The second kappa shape index (κ2) is 6.76. The molecule has 1 saturated carbocycles. The minimum Gasteiger partial charge on any atom is -0.480 e. The fraction of sp³-hybridized carbons (Fsp3) is 0.353. The van der Waals surface area contributed by atoms with Crippen LogP contribution in [0.2, 0.25) is 0 Å². The molecule has 0 bridgehead atoms. The van der Waals surface area contributed by atoms with Gasteiger partial charge < -0.3 is 10.4 Å². The van der Waals surface area contributed by atoms with Crippen LogP contribution in [0.3, 0.4) is 0 Å². The van der Waals surface area contributed by atoms with Gasteiger partial charge in [-0.25, -0.2) is 9.48 Å². The Hall–Kier alpha value is -2.15. The van der Waals surface area contributed by atoms with Crippen LogP contribution in [0.4, 0.5) is 0 Å². The normalized spacial score (nSPS) is 15.1. The highest BCUT2D eigenvalue weighted by Gasteiger charge is 2.31. The van der Waals surface area contributed by atoms with Crippen LogP contribution in [0.1, 0.15) is 35.3 Å². The molecule has 2 aromatic rings. The molecule has 1 atom stereocenters. The first-order valence-electron chi connectivity index (χ1n) is 7.80. The standard InChI is InChI=1S/C17H18BrN3O3/c1-10-14(9-19-21(10)13-6-4-12(18)5-7-13)16(22)20-15(17(23)24)8-11-2-3-11/h4-7,9,11,15H,2-3,8H2,1H3,(H,20,22)(H,23,24). The number of hydrogen-bond acceptors (Lipinski definition) is 3. The van der Waals surface area contributed by atoms with E-state index in [1.807, 2.05) is 24.3 Å². The smallest absolute Gasteiger partial charge is 0.326 e. The summed E-state index contributed by atoms with van der Waals surface area (Å²) in [6.07, 6.45) is 4.05. The summed E-state index contributed by atoms with van der Waals surface area (Å²) in [4.78, 5) is 23.8. The SMILES string of the molecule is Cc1c(C(=O)NC(CC2CC2)C(=O)O)cnn1-c1ccc(Br)cc1. The molecule has 1 aliphatic rings. The Bertz CT molecular complexity index is 766. The van der Waals surface area contributed by atoms with Gasteiger partial charge in [0.2, 0.25) is 0 Å². The van der Waals surface area contributed by atoms with E-state index in [-0.39, 0.29) is 0 Å². The molecule has 2 N–H and O–H groups in total. The zero-order chi connectivity index (χ0) is 17.3. The zero-order valence-electron chi connectivity index (χ0n) is 13.2. The molecule has 3 rings (SSSR count). The summed E-state index contributed by atoms with van der Waals surface area (Å²) in [6.45, 7) is 1.79. The molecule has 1 amide bonds. The first-order valence-corrected chi connectivity index (χ1v) is 8.59. The summed E-state index contributed by atoms with van der Waals surface area (Å²) in [7, 11) is 0. The molecule has 7 heteroatoms. The summed E-state index contributed by atoms with van der Waals surface area (Å²) < 4.78 is 2.62. The summed E-state index contributed by atoms with van der Waals surface area (Å²) in [5, 5.41) is 16.2. The largest absolute Gasteiger partial charge is 0.480 e. The molecular formula is C17H18BrN3O3. The average Bonchev–Trinajstić information content (AvgIpc) is 3.28. The van der Waals surface area contributed by atoms with Gasteiger partial charge in [-0.2, -0.15) is 5.10 Å². The molecular weight excluding hydrogens is 374 g/mol. The zero-order valence-corrected chi connectivity index (χ0v) is 14.8. The Balaban J connectivity index is 1.77. The van der Waals surface area contributed by atoms with Crippen molar-refractivity contribution in [2.24, 2.45) is 5.92 Å². The monoisotopic (exact) mass is 391 g/mol. The summed E-state index contributed by atoms with van der Waals surface area (Å²) in [5.41, 5.74) is 1.90. The van der Waals surface area contributed by atoms with Crippen molar-refractivity contribution in [3.63, 3.8) is 0 Å². The van der Waals surface area contributed by atoms with E-state index >= 15 is 0 Å². The number of halogens is 1. The number of aliphatic carboxylic acids is 1. The Labute approximate surface area is 148 Å². The lowest BCUT2D eigenvalue weighted by Crippen LogP contribution is -2.41. The Morgan fingerprint density at radius 2 is 2.04 bits per heavy atom. The summed E-state index contributed by atoms with van der Waals surface area (Å²) in [5.74, 6) is -0.977. The predicted molar refractivity (Wildman–Crippen MR) is 92.2 cm³/mol. The van der Waals surface area contributed by atoms with Crippen molar-refractivity contribution in [3.05, 3.63) is 46.2 Å². The number of carbonyl (C=O) groups is 2. The van der Waals surface area contributed by atoms with Crippen LogP contribution in [0.25, 0.3) is 5.69 Å². The highest BCUT2D eigenvalue weighted by Crippen LogP contribution is 2.33. The van der Waals surface area contributed by atoms with Gasteiger partial charge in [0.05, 0.1) is 23.1 Å². The number of carboxylic acids is 1. The van der Waals surface area contributed by atoms with Gasteiger partial charge in [-0.05, 0) is 43.5 Å². The third kappa shape index (κ3) is 3.67. The van der Waals surface area contributed by atoms with E-state index in [9.17, 15) is 14.7 Å². The van der Waals surface area contributed by atoms with Crippen molar-refractivity contribution < 1.29 is 14.7 Å². The molecule has 0 saturated heterocycles. The van der Waals surface area contributed by atoms with Crippen LogP contribution in [-0.4, -0.2) is 32.8 Å². The number of hydrogen-bond donors (Lipinski definition) is 2. The fourth-order valence-corrected chi connectivity index (χ4v) is 2.88. The Morgan fingerprint density at radius 3 is 2.62 bits per heavy atom. The van der Waals surface area contributed by atoms with Gasteiger partial charge in [-0.1, -0.05) is 28.8 Å². The lowest BCUT2D eigenvalue weighted by Gasteiger charge is -2.14. The minimum atomic E-state index is -0.992. The van der Waals surface area contributed by atoms with Gasteiger partial charge >= 0.3 is 5.97 Å². The van der Waals surface area contributed by atoms with Gasteiger partial charge in [0.1, 0.15) is 6.04 Å². The molecule has 0 spiro atoms. The molecule has 1 fully saturated rings. The maximum absolute atomic E-state index is 12.4. The van der Waals surface area contributed by atoms with E-state index in [2.05, 4.69) is 26.3 Å². The van der Waals surface area contributed by atoms with Gasteiger partial charge in [0.25, 0.3) is 5.91 Å². The van der Waals surface area contributed by atoms with E-state index in [0.29, 0.717) is 23.6 Å². The Kier molecular flexibility index (Phi) is 4.71. The number of aromatic nitrogens is 2. The van der Waals surface area contributed by atoms with Crippen molar-refractivity contribution in [2.45, 2.75) is 32.2 Å². The van der Waals surface area contributed by atoms with E-state index in [4.69, 9.17) is 0 Å². The highest BCUT2D eigenvalue weighted by molar-refractivity contribution is 9.10. The van der Waals surface area contributed by atoms with Gasteiger partial charge in [0.15, 0.2) is 0 Å².